The number of benzene rings is 1. The van der Waals surface area contributed by atoms with Crippen molar-refractivity contribution in [2.75, 3.05) is 12.4 Å². The van der Waals surface area contributed by atoms with Crippen molar-refractivity contribution >= 4 is 23.6 Å². The lowest BCUT2D eigenvalue weighted by Gasteiger charge is -2.24. The van der Waals surface area contributed by atoms with Gasteiger partial charge in [0, 0.05) is 5.75 Å². The zero-order valence-corrected chi connectivity index (χ0v) is 12.2. The minimum Gasteiger partial charge on any atom is -0.484 e. The first kappa shape index (κ1) is 14.7. The summed E-state index contributed by atoms with van der Waals surface area (Å²) in [4.78, 5) is 24.7. The Labute approximate surface area is 121 Å². The van der Waals surface area contributed by atoms with Crippen molar-refractivity contribution in [1.29, 1.82) is 0 Å². The average Bonchev–Trinajstić information content (AvgIpc) is 2.80. The highest BCUT2D eigenvalue weighted by atomic mass is 32.2. The average molecular weight is 295 g/mol. The highest BCUT2D eigenvalue weighted by Gasteiger charge is 2.39. The molecule has 1 saturated heterocycles. The molecule has 2 unspecified atom stereocenters. The molecule has 2 atom stereocenters. The Morgan fingerprint density at radius 2 is 2.05 bits per heavy atom. The number of ether oxygens (including phenoxy) is 1. The number of carboxylic acid groups (broad SMARTS) is 1. The van der Waals surface area contributed by atoms with Crippen LogP contribution in [0.1, 0.15) is 12.5 Å². The zero-order chi connectivity index (χ0) is 14.7. The second kappa shape index (κ2) is 6.17. The van der Waals surface area contributed by atoms with Crippen LogP contribution in [0, 0.1) is 6.92 Å². The minimum absolute atomic E-state index is 0.134. The third-order valence-electron chi connectivity index (χ3n) is 3.18. The maximum atomic E-state index is 12.1. The van der Waals surface area contributed by atoms with Gasteiger partial charge in [0.05, 0.1) is 5.37 Å². The highest BCUT2D eigenvalue weighted by Crippen LogP contribution is 2.28. The summed E-state index contributed by atoms with van der Waals surface area (Å²) in [5.41, 5.74) is 1.11. The Balaban J connectivity index is 1.97. The Morgan fingerprint density at radius 1 is 1.40 bits per heavy atom. The molecule has 0 radical (unpaired) electrons. The molecule has 2 rings (SSSR count). The molecule has 108 valence electrons. The molecule has 1 aliphatic heterocycles. The largest absolute Gasteiger partial charge is 0.484 e. The third kappa shape index (κ3) is 3.25. The number of rotatable bonds is 4. The van der Waals surface area contributed by atoms with E-state index in [4.69, 9.17) is 9.84 Å². The van der Waals surface area contributed by atoms with Crippen molar-refractivity contribution < 1.29 is 19.4 Å². The molecule has 1 fully saturated rings. The van der Waals surface area contributed by atoms with Crippen molar-refractivity contribution in [2.24, 2.45) is 0 Å². The number of hydrogen-bond donors (Lipinski definition) is 1. The van der Waals surface area contributed by atoms with Gasteiger partial charge >= 0.3 is 5.97 Å². The van der Waals surface area contributed by atoms with Crippen LogP contribution < -0.4 is 4.74 Å². The van der Waals surface area contributed by atoms with Gasteiger partial charge in [-0.05, 0) is 26.0 Å². The number of carboxylic acids is 1. The van der Waals surface area contributed by atoms with E-state index in [-0.39, 0.29) is 17.9 Å². The predicted molar refractivity (Wildman–Crippen MR) is 76.9 cm³/mol. The fraction of sp³-hybridized carbons (Fsp3) is 0.429. The molecule has 0 saturated carbocycles. The monoisotopic (exact) mass is 295 g/mol. The third-order valence-corrected chi connectivity index (χ3v) is 4.40. The van der Waals surface area contributed by atoms with Crippen LogP contribution in [0.15, 0.2) is 24.3 Å². The second-order valence-corrected chi connectivity index (χ2v) is 6.04. The van der Waals surface area contributed by atoms with Crippen molar-refractivity contribution in [3.05, 3.63) is 29.8 Å². The molecule has 20 heavy (non-hydrogen) atoms. The van der Waals surface area contributed by atoms with E-state index in [9.17, 15) is 9.59 Å². The Morgan fingerprint density at radius 3 is 2.65 bits per heavy atom. The van der Waals surface area contributed by atoms with E-state index in [1.807, 2.05) is 26.0 Å². The molecule has 0 aliphatic carbocycles. The van der Waals surface area contributed by atoms with E-state index in [1.54, 1.807) is 12.1 Å². The molecule has 1 N–H and O–H groups in total. The van der Waals surface area contributed by atoms with Crippen LogP contribution in [0.25, 0.3) is 0 Å². The second-order valence-electron chi connectivity index (χ2n) is 4.69. The van der Waals surface area contributed by atoms with Crippen molar-refractivity contribution in [2.45, 2.75) is 25.3 Å². The van der Waals surface area contributed by atoms with Crippen LogP contribution in [0.5, 0.6) is 5.75 Å². The van der Waals surface area contributed by atoms with Crippen molar-refractivity contribution in [1.82, 2.24) is 4.90 Å². The first-order chi connectivity index (χ1) is 9.49. The Bertz CT molecular complexity index is 502. The van der Waals surface area contributed by atoms with E-state index < -0.39 is 12.0 Å². The maximum Gasteiger partial charge on any atom is 0.327 e. The number of aliphatic carboxylic acids is 1. The summed E-state index contributed by atoms with van der Waals surface area (Å²) in [6, 6.07) is 6.62. The molecule has 0 spiro atoms. The Hall–Kier alpha value is -1.69. The molecule has 6 heteroatoms. The molecular formula is C14H17NO4S. The van der Waals surface area contributed by atoms with Crippen LogP contribution in [-0.4, -0.2) is 45.7 Å². The summed E-state index contributed by atoms with van der Waals surface area (Å²) in [5, 5.41) is 8.98. The maximum absolute atomic E-state index is 12.1. The number of thioether (sulfide) groups is 1. The van der Waals surface area contributed by atoms with Gasteiger partial charge in [-0.25, -0.2) is 4.79 Å². The SMILES string of the molecule is Cc1ccc(OCC(=O)N2C(C)SCC2C(=O)O)cc1. The van der Waals surface area contributed by atoms with E-state index in [1.165, 1.54) is 16.7 Å². The van der Waals surface area contributed by atoms with Gasteiger partial charge in [0.2, 0.25) is 0 Å². The van der Waals surface area contributed by atoms with Gasteiger partial charge in [-0.2, -0.15) is 0 Å². The summed E-state index contributed by atoms with van der Waals surface area (Å²) in [5.74, 6) is -0.233. The minimum atomic E-state index is -0.967. The quantitative estimate of drug-likeness (QED) is 0.916. The lowest BCUT2D eigenvalue weighted by Crippen LogP contribution is -2.46. The van der Waals surface area contributed by atoms with Crippen LogP contribution in [0.2, 0.25) is 0 Å². The first-order valence-corrected chi connectivity index (χ1v) is 7.39. The zero-order valence-electron chi connectivity index (χ0n) is 11.4. The lowest BCUT2D eigenvalue weighted by molar-refractivity contribution is -0.149. The highest BCUT2D eigenvalue weighted by molar-refractivity contribution is 8.00. The summed E-state index contributed by atoms with van der Waals surface area (Å²) in [6.45, 7) is 3.66. The summed E-state index contributed by atoms with van der Waals surface area (Å²) >= 11 is 1.46. The standard InChI is InChI=1S/C14H17NO4S/c1-9-3-5-11(6-4-9)19-7-13(16)15-10(2)20-8-12(15)14(17)18/h3-6,10,12H,7-8H2,1-2H3,(H,17,18). The van der Waals surface area contributed by atoms with Crippen molar-refractivity contribution in [3.63, 3.8) is 0 Å². The molecule has 1 aromatic rings. The summed E-state index contributed by atoms with van der Waals surface area (Å²) in [6.07, 6.45) is 0. The van der Waals surface area contributed by atoms with Crippen molar-refractivity contribution in [3.8, 4) is 5.75 Å². The predicted octanol–water partition coefficient (Wildman–Crippen LogP) is 1.75. The van der Waals surface area contributed by atoms with Gasteiger partial charge in [-0.3, -0.25) is 4.79 Å². The van der Waals surface area contributed by atoms with Gasteiger partial charge in [-0.1, -0.05) is 17.7 Å². The number of nitrogens with zero attached hydrogens (tertiary/aromatic N) is 1. The molecule has 5 nitrogen and oxygen atoms in total. The number of amides is 1. The van der Waals surface area contributed by atoms with Gasteiger partial charge in [0.1, 0.15) is 11.8 Å². The van der Waals surface area contributed by atoms with E-state index in [0.29, 0.717) is 11.5 Å². The molecule has 1 heterocycles. The van der Waals surface area contributed by atoms with Crippen LogP contribution in [0.3, 0.4) is 0 Å². The van der Waals surface area contributed by atoms with Crippen LogP contribution in [0.4, 0.5) is 0 Å². The topological polar surface area (TPSA) is 66.8 Å². The molecule has 0 aromatic heterocycles. The van der Waals surface area contributed by atoms with Gasteiger partial charge in [0.15, 0.2) is 6.61 Å². The fourth-order valence-corrected chi connectivity index (χ4v) is 3.25. The van der Waals surface area contributed by atoms with E-state index >= 15 is 0 Å². The number of aryl methyl sites for hydroxylation is 1. The van der Waals surface area contributed by atoms with Crippen LogP contribution >= 0.6 is 11.8 Å². The molecular weight excluding hydrogens is 278 g/mol. The normalized spacial score (nSPS) is 21.8. The molecule has 1 amide bonds. The van der Waals surface area contributed by atoms with Gasteiger partial charge in [-0.15, -0.1) is 11.8 Å². The summed E-state index contributed by atoms with van der Waals surface area (Å²) < 4.78 is 5.42. The Kier molecular flexibility index (Phi) is 4.54. The molecule has 0 bridgehead atoms. The number of hydrogen-bond acceptors (Lipinski definition) is 4. The van der Waals surface area contributed by atoms with Gasteiger partial charge in [0.25, 0.3) is 5.91 Å². The van der Waals surface area contributed by atoms with E-state index in [0.717, 1.165) is 5.56 Å². The smallest absolute Gasteiger partial charge is 0.327 e. The summed E-state index contributed by atoms with van der Waals surface area (Å²) in [7, 11) is 0. The number of carbonyl (C=O) groups is 2. The van der Waals surface area contributed by atoms with E-state index in [2.05, 4.69) is 0 Å². The van der Waals surface area contributed by atoms with Crippen LogP contribution in [-0.2, 0) is 9.59 Å². The molecule has 1 aliphatic rings. The van der Waals surface area contributed by atoms with Gasteiger partial charge < -0.3 is 14.7 Å². The number of carbonyl (C=O) groups excluding carboxylic acids is 1. The lowest BCUT2D eigenvalue weighted by atomic mass is 10.2. The fourth-order valence-electron chi connectivity index (χ4n) is 2.07. The molecule has 1 aromatic carbocycles. The first-order valence-electron chi connectivity index (χ1n) is 6.34.